The van der Waals surface area contributed by atoms with E-state index >= 15 is 0 Å². The van der Waals surface area contributed by atoms with Crippen LogP contribution in [0.5, 0.6) is 0 Å². The monoisotopic (exact) mass is 288 g/mol. The summed E-state index contributed by atoms with van der Waals surface area (Å²) >= 11 is 0. The largest absolute Gasteiger partial charge is 0.365 e. The quantitative estimate of drug-likeness (QED) is 0.808. The minimum Gasteiger partial charge on any atom is -0.365 e. The van der Waals surface area contributed by atoms with Crippen molar-refractivity contribution >= 4 is 24.0 Å². The molecule has 1 aliphatic heterocycles. The maximum absolute atomic E-state index is 13.9. The van der Waals surface area contributed by atoms with E-state index in [-0.39, 0.29) is 24.0 Å². The molecule has 2 heterocycles. The van der Waals surface area contributed by atoms with Crippen LogP contribution in [0.25, 0.3) is 0 Å². The lowest BCUT2D eigenvalue weighted by Crippen LogP contribution is -2.44. The second kappa shape index (κ2) is 7.25. The second-order valence-corrected chi connectivity index (χ2v) is 4.10. The van der Waals surface area contributed by atoms with Crippen molar-refractivity contribution in [2.24, 2.45) is 0 Å². The number of piperazine rings is 1. The summed E-state index contributed by atoms with van der Waals surface area (Å²) in [6, 6.07) is 3.18. The third-order valence-electron chi connectivity index (χ3n) is 2.86. The molecule has 0 aromatic carbocycles. The standard InChI is InChI=1S/C12H17FN4O.ClH/c1-2-15-12(18)9-3-4-10(11(13)16-9)17-7-5-14-6-8-17;/h3-4,14H,2,5-8H2,1H3,(H,15,18);1H. The number of anilines is 1. The molecule has 7 heteroatoms. The topological polar surface area (TPSA) is 57.3 Å². The molecular formula is C12H18ClFN4O. The Bertz CT molecular complexity index is 438. The number of carbonyl (C=O) groups is 1. The van der Waals surface area contributed by atoms with Crippen LogP contribution in [0.4, 0.5) is 10.1 Å². The molecular weight excluding hydrogens is 271 g/mol. The van der Waals surface area contributed by atoms with Crippen LogP contribution in [0.1, 0.15) is 17.4 Å². The number of pyridine rings is 1. The lowest BCUT2D eigenvalue weighted by atomic mass is 10.2. The number of carbonyl (C=O) groups excluding carboxylic acids is 1. The Kier molecular flexibility index (Phi) is 5.98. The van der Waals surface area contributed by atoms with Gasteiger partial charge in [0.1, 0.15) is 5.69 Å². The first kappa shape index (κ1) is 15.7. The highest BCUT2D eigenvalue weighted by Crippen LogP contribution is 2.18. The Labute approximate surface area is 118 Å². The number of nitrogens with one attached hydrogen (secondary N) is 2. The van der Waals surface area contributed by atoms with Crippen molar-refractivity contribution in [3.8, 4) is 0 Å². The molecule has 0 unspecified atom stereocenters. The average Bonchev–Trinajstić information content (AvgIpc) is 2.40. The van der Waals surface area contributed by atoms with Gasteiger partial charge in [0.25, 0.3) is 5.91 Å². The molecule has 1 aromatic heterocycles. The van der Waals surface area contributed by atoms with Gasteiger partial charge in [0.2, 0.25) is 5.95 Å². The van der Waals surface area contributed by atoms with Crippen LogP contribution in [-0.4, -0.2) is 43.6 Å². The first-order chi connectivity index (χ1) is 8.72. The van der Waals surface area contributed by atoms with Crippen molar-refractivity contribution in [3.63, 3.8) is 0 Å². The molecule has 106 valence electrons. The molecule has 2 rings (SSSR count). The fourth-order valence-electron chi connectivity index (χ4n) is 1.95. The van der Waals surface area contributed by atoms with Crippen LogP contribution in [-0.2, 0) is 0 Å². The molecule has 0 spiro atoms. The molecule has 2 N–H and O–H groups in total. The fraction of sp³-hybridized carbons (Fsp3) is 0.500. The zero-order chi connectivity index (χ0) is 13.0. The molecule has 19 heavy (non-hydrogen) atoms. The van der Waals surface area contributed by atoms with Crippen molar-refractivity contribution in [3.05, 3.63) is 23.8 Å². The Hall–Kier alpha value is -1.40. The van der Waals surface area contributed by atoms with Crippen LogP contribution in [0.3, 0.4) is 0 Å². The van der Waals surface area contributed by atoms with Gasteiger partial charge in [0.05, 0.1) is 5.69 Å². The SMILES string of the molecule is CCNC(=O)c1ccc(N2CCNCC2)c(F)n1.Cl. The van der Waals surface area contributed by atoms with Gasteiger partial charge in [0.15, 0.2) is 0 Å². The number of rotatable bonds is 3. The Morgan fingerprint density at radius 1 is 1.47 bits per heavy atom. The van der Waals surface area contributed by atoms with E-state index in [4.69, 9.17) is 0 Å². The molecule has 1 aromatic rings. The molecule has 0 bridgehead atoms. The third-order valence-corrected chi connectivity index (χ3v) is 2.86. The zero-order valence-electron chi connectivity index (χ0n) is 10.8. The van der Waals surface area contributed by atoms with Crippen LogP contribution in [0.2, 0.25) is 0 Å². The van der Waals surface area contributed by atoms with E-state index in [0.717, 1.165) is 26.2 Å². The van der Waals surface area contributed by atoms with Gasteiger partial charge < -0.3 is 15.5 Å². The normalized spacial score (nSPS) is 14.7. The van der Waals surface area contributed by atoms with Crippen LogP contribution < -0.4 is 15.5 Å². The van der Waals surface area contributed by atoms with Crippen molar-refractivity contribution in [1.29, 1.82) is 0 Å². The number of halogens is 2. The lowest BCUT2D eigenvalue weighted by Gasteiger charge is -2.29. The summed E-state index contributed by atoms with van der Waals surface area (Å²) in [5.74, 6) is -0.927. The van der Waals surface area contributed by atoms with E-state index in [1.807, 2.05) is 11.8 Å². The zero-order valence-corrected chi connectivity index (χ0v) is 11.6. The fourth-order valence-corrected chi connectivity index (χ4v) is 1.95. The summed E-state index contributed by atoms with van der Waals surface area (Å²) in [6.07, 6.45) is 0. The molecule has 1 aliphatic rings. The summed E-state index contributed by atoms with van der Waals surface area (Å²) in [4.78, 5) is 17.2. The lowest BCUT2D eigenvalue weighted by molar-refractivity contribution is 0.0949. The van der Waals surface area contributed by atoms with Gasteiger partial charge in [-0.15, -0.1) is 12.4 Å². The highest BCUT2D eigenvalue weighted by Gasteiger charge is 2.17. The molecule has 1 amide bonds. The summed E-state index contributed by atoms with van der Waals surface area (Å²) < 4.78 is 13.9. The van der Waals surface area contributed by atoms with Crippen molar-refractivity contribution in [2.45, 2.75) is 6.92 Å². The van der Waals surface area contributed by atoms with Gasteiger partial charge in [-0.05, 0) is 19.1 Å². The molecule has 1 fully saturated rings. The number of nitrogens with zero attached hydrogens (tertiary/aromatic N) is 2. The van der Waals surface area contributed by atoms with Gasteiger partial charge >= 0.3 is 0 Å². The van der Waals surface area contributed by atoms with E-state index in [2.05, 4.69) is 15.6 Å². The summed E-state index contributed by atoms with van der Waals surface area (Å²) in [5, 5.41) is 5.80. The van der Waals surface area contributed by atoms with Crippen molar-refractivity contribution in [2.75, 3.05) is 37.6 Å². The number of hydrogen-bond acceptors (Lipinski definition) is 4. The van der Waals surface area contributed by atoms with Crippen LogP contribution in [0.15, 0.2) is 12.1 Å². The Balaban J connectivity index is 0.00000180. The third kappa shape index (κ3) is 3.78. The van der Waals surface area contributed by atoms with E-state index < -0.39 is 5.95 Å². The molecule has 0 aliphatic carbocycles. The van der Waals surface area contributed by atoms with Crippen LogP contribution in [0, 0.1) is 5.95 Å². The minimum absolute atomic E-state index is 0. The smallest absolute Gasteiger partial charge is 0.269 e. The van der Waals surface area contributed by atoms with E-state index in [1.165, 1.54) is 0 Å². The van der Waals surface area contributed by atoms with Crippen molar-refractivity contribution < 1.29 is 9.18 Å². The predicted octanol–water partition coefficient (Wildman–Crippen LogP) is 0.802. The molecule has 0 atom stereocenters. The second-order valence-electron chi connectivity index (χ2n) is 4.10. The Morgan fingerprint density at radius 3 is 2.74 bits per heavy atom. The summed E-state index contributed by atoms with van der Waals surface area (Å²) in [5.41, 5.74) is 0.581. The molecule has 1 saturated heterocycles. The van der Waals surface area contributed by atoms with Gasteiger partial charge in [-0.25, -0.2) is 4.98 Å². The Morgan fingerprint density at radius 2 is 2.16 bits per heavy atom. The first-order valence-electron chi connectivity index (χ1n) is 6.12. The first-order valence-corrected chi connectivity index (χ1v) is 6.12. The maximum atomic E-state index is 13.9. The van der Waals surface area contributed by atoms with E-state index in [9.17, 15) is 9.18 Å². The highest BCUT2D eigenvalue weighted by atomic mass is 35.5. The van der Waals surface area contributed by atoms with Gasteiger partial charge in [-0.3, -0.25) is 4.79 Å². The minimum atomic E-state index is -0.583. The number of aromatic nitrogens is 1. The van der Waals surface area contributed by atoms with E-state index in [1.54, 1.807) is 12.1 Å². The maximum Gasteiger partial charge on any atom is 0.269 e. The molecule has 0 saturated carbocycles. The van der Waals surface area contributed by atoms with Crippen LogP contribution >= 0.6 is 12.4 Å². The van der Waals surface area contributed by atoms with Crippen molar-refractivity contribution in [1.82, 2.24) is 15.6 Å². The van der Waals surface area contributed by atoms with Gasteiger partial charge in [0, 0.05) is 32.7 Å². The van der Waals surface area contributed by atoms with Gasteiger partial charge in [-0.2, -0.15) is 4.39 Å². The predicted molar refractivity (Wildman–Crippen MR) is 74.5 cm³/mol. The van der Waals surface area contributed by atoms with Gasteiger partial charge in [-0.1, -0.05) is 0 Å². The van der Waals surface area contributed by atoms with E-state index in [0.29, 0.717) is 12.2 Å². The summed E-state index contributed by atoms with van der Waals surface area (Å²) in [7, 11) is 0. The number of amides is 1. The highest BCUT2D eigenvalue weighted by molar-refractivity contribution is 5.92. The number of hydrogen-bond donors (Lipinski definition) is 2. The molecule has 5 nitrogen and oxygen atoms in total. The molecule has 0 radical (unpaired) electrons. The average molecular weight is 289 g/mol. The summed E-state index contributed by atoms with van der Waals surface area (Å²) in [6.45, 7) is 5.47.